The normalized spacial score (nSPS) is 11.0. The van der Waals surface area contributed by atoms with Gasteiger partial charge in [-0.05, 0) is 19.4 Å². The molecule has 0 aliphatic heterocycles. The van der Waals surface area contributed by atoms with E-state index < -0.39 is 0 Å². The summed E-state index contributed by atoms with van der Waals surface area (Å²) >= 11 is 0. The smallest absolute Gasteiger partial charge is 0.0431 e. The lowest BCUT2D eigenvalue weighted by Gasteiger charge is -2.02. The minimum absolute atomic E-state index is 0.366. The Morgan fingerprint density at radius 3 is 1.00 bits per heavy atom. The molecule has 0 aliphatic rings. The summed E-state index contributed by atoms with van der Waals surface area (Å²) < 4.78 is 0. The fourth-order valence-electron chi connectivity index (χ4n) is 2.38. The van der Waals surface area contributed by atoms with Crippen molar-refractivity contribution in [1.29, 1.82) is 0 Å². The molecule has 18 heavy (non-hydrogen) atoms. The Kier molecular flexibility index (Phi) is 16.8. The highest BCUT2D eigenvalue weighted by Gasteiger charge is 1.93. The first-order valence-electron chi connectivity index (χ1n) is 8.22. The molecular weight excluding hydrogens is 222 g/mol. The number of aliphatic hydroxyl groups is 1. The van der Waals surface area contributed by atoms with Crippen molar-refractivity contribution in [2.45, 2.75) is 89.9 Å². The van der Waals surface area contributed by atoms with Crippen LogP contribution in [0.5, 0.6) is 0 Å². The van der Waals surface area contributed by atoms with Gasteiger partial charge in [0.25, 0.3) is 0 Å². The van der Waals surface area contributed by atoms with Crippen LogP contribution >= 0.6 is 0 Å². The molecule has 0 saturated carbocycles. The van der Waals surface area contributed by atoms with Crippen molar-refractivity contribution in [3.8, 4) is 0 Å². The van der Waals surface area contributed by atoms with E-state index in [1.54, 1.807) is 0 Å². The van der Waals surface area contributed by atoms with Gasteiger partial charge in [0.05, 0.1) is 0 Å². The van der Waals surface area contributed by atoms with Crippen LogP contribution in [-0.4, -0.2) is 18.3 Å². The summed E-state index contributed by atoms with van der Waals surface area (Å²) in [5.41, 5.74) is 5.46. The first kappa shape index (κ1) is 17.9. The quantitative estimate of drug-likeness (QED) is 0.427. The van der Waals surface area contributed by atoms with E-state index in [1.165, 1.54) is 83.5 Å². The molecule has 0 aromatic heterocycles. The van der Waals surface area contributed by atoms with Crippen LogP contribution in [0.4, 0.5) is 0 Å². The van der Waals surface area contributed by atoms with E-state index in [0.717, 1.165) is 13.0 Å². The Morgan fingerprint density at radius 1 is 0.444 bits per heavy atom. The zero-order chi connectivity index (χ0) is 13.3. The Hall–Kier alpha value is -0.0800. The number of hydrogen-bond acceptors (Lipinski definition) is 2. The molecule has 0 saturated heterocycles. The van der Waals surface area contributed by atoms with Gasteiger partial charge in [-0.1, -0.05) is 77.0 Å². The molecule has 0 radical (unpaired) electrons. The summed E-state index contributed by atoms with van der Waals surface area (Å²) in [6.45, 7) is 1.23. The van der Waals surface area contributed by atoms with E-state index in [-0.39, 0.29) is 0 Å². The highest BCUT2D eigenvalue weighted by molar-refractivity contribution is 4.49. The van der Waals surface area contributed by atoms with Gasteiger partial charge in [0.1, 0.15) is 0 Å². The van der Waals surface area contributed by atoms with Crippen molar-refractivity contribution in [3.05, 3.63) is 0 Å². The van der Waals surface area contributed by atoms with Crippen molar-refractivity contribution >= 4 is 0 Å². The molecule has 0 aliphatic carbocycles. The summed E-state index contributed by atoms with van der Waals surface area (Å²) in [4.78, 5) is 0. The standard InChI is InChI=1S/C16H35NO/c17-15-13-11-9-7-5-3-1-2-4-6-8-10-12-14-16-18/h18H,1-17H2. The lowest BCUT2D eigenvalue weighted by atomic mass is 10.0. The fourth-order valence-corrected chi connectivity index (χ4v) is 2.38. The number of rotatable bonds is 15. The van der Waals surface area contributed by atoms with Crippen molar-refractivity contribution in [2.75, 3.05) is 13.2 Å². The van der Waals surface area contributed by atoms with Gasteiger partial charge >= 0.3 is 0 Å². The summed E-state index contributed by atoms with van der Waals surface area (Å²) in [5, 5.41) is 8.65. The van der Waals surface area contributed by atoms with Gasteiger partial charge in [-0.3, -0.25) is 0 Å². The molecule has 0 heterocycles. The number of nitrogens with two attached hydrogens (primary N) is 1. The molecule has 110 valence electrons. The highest BCUT2D eigenvalue weighted by atomic mass is 16.2. The Balaban J connectivity index is 2.86. The molecule has 3 N–H and O–H groups in total. The second kappa shape index (κ2) is 16.9. The van der Waals surface area contributed by atoms with E-state index in [1.807, 2.05) is 0 Å². The molecule has 0 bridgehead atoms. The van der Waals surface area contributed by atoms with Crippen LogP contribution in [0.25, 0.3) is 0 Å². The third kappa shape index (κ3) is 15.9. The van der Waals surface area contributed by atoms with Gasteiger partial charge in [0, 0.05) is 6.61 Å². The Morgan fingerprint density at radius 2 is 0.722 bits per heavy atom. The lowest BCUT2D eigenvalue weighted by molar-refractivity contribution is 0.282. The molecule has 0 amide bonds. The monoisotopic (exact) mass is 257 g/mol. The largest absolute Gasteiger partial charge is 0.396 e. The molecule has 2 heteroatoms. The van der Waals surface area contributed by atoms with E-state index >= 15 is 0 Å². The van der Waals surface area contributed by atoms with Crippen LogP contribution in [-0.2, 0) is 0 Å². The van der Waals surface area contributed by atoms with Crippen LogP contribution in [0.1, 0.15) is 89.9 Å². The van der Waals surface area contributed by atoms with E-state index in [0.29, 0.717) is 6.61 Å². The maximum absolute atomic E-state index is 8.65. The SMILES string of the molecule is NCCCCCCCCCCCCCCCCO. The fraction of sp³-hybridized carbons (Fsp3) is 1.00. The molecule has 0 spiro atoms. The van der Waals surface area contributed by atoms with E-state index in [4.69, 9.17) is 10.8 Å². The highest BCUT2D eigenvalue weighted by Crippen LogP contribution is 2.12. The van der Waals surface area contributed by atoms with Gasteiger partial charge in [0.2, 0.25) is 0 Å². The molecule has 0 rings (SSSR count). The van der Waals surface area contributed by atoms with Crippen LogP contribution in [0, 0.1) is 0 Å². The van der Waals surface area contributed by atoms with Crippen molar-refractivity contribution < 1.29 is 5.11 Å². The maximum Gasteiger partial charge on any atom is 0.0431 e. The zero-order valence-electron chi connectivity index (χ0n) is 12.3. The summed E-state index contributed by atoms with van der Waals surface area (Å²) in [6, 6.07) is 0. The topological polar surface area (TPSA) is 46.2 Å². The maximum atomic E-state index is 8.65. The van der Waals surface area contributed by atoms with Crippen LogP contribution in [0.2, 0.25) is 0 Å². The third-order valence-electron chi connectivity index (χ3n) is 3.61. The van der Waals surface area contributed by atoms with E-state index in [9.17, 15) is 0 Å². The van der Waals surface area contributed by atoms with Crippen molar-refractivity contribution in [1.82, 2.24) is 0 Å². The predicted molar refractivity (Wildman–Crippen MR) is 80.8 cm³/mol. The molecule has 0 aromatic rings. The van der Waals surface area contributed by atoms with Crippen molar-refractivity contribution in [2.24, 2.45) is 5.73 Å². The number of unbranched alkanes of at least 4 members (excludes halogenated alkanes) is 13. The van der Waals surface area contributed by atoms with Crippen LogP contribution in [0.3, 0.4) is 0 Å². The summed E-state index contributed by atoms with van der Waals surface area (Å²) in [7, 11) is 0. The van der Waals surface area contributed by atoms with Crippen LogP contribution in [0.15, 0.2) is 0 Å². The minimum Gasteiger partial charge on any atom is -0.396 e. The van der Waals surface area contributed by atoms with Gasteiger partial charge in [0.15, 0.2) is 0 Å². The zero-order valence-corrected chi connectivity index (χ0v) is 12.3. The summed E-state index contributed by atoms with van der Waals surface area (Å²) in [5.74, 6) is 0. The first-order valence-corrected chi connectivity index (χ1v) is 8.22. The third-order valence-corrected chi connectivity index (χ3v) is 3.61. The van der Waals surface area contributed by atoms with Gasteiger partial charge in [-0.2, -0.15) is 0 Å². The number of hydrogen-bond donors (Lipinski definition) is 2. The predicted octanol–water partition coefficient (Wildman–Crippen LogP) is 4.40. The molecular formula is C16H35NO. The molecule has 0 fully saturated rings. The lowest BCUT2D eigenvalue weighted by Crippen LogP contribution is -1.97. The first-order chi connectivity index (χ1) is 8.91. The molecule has 0 aromatic carbocycles. The average molecular weight is 257 g/mol. The molecule has 0 unspecified atom stereocenters. The van der Waals surface area contributed by atoms with Gasteiger partial charge < -0.3 is 10.8 Å². The number of aliphatic hydroxyl groups excluding tert-OH is 1. The van der Waals surface area contributed by atoms with Gasteiger partial charge in [-0.25, -0.2) is 0 Å². The second-order valence-corrected chi connectivity index (χ2v) is 5.46. The van der Waals surface area contributed by atoms with Crippen LogP contribution < -0.4 is 5.73 Å². The van der Waals surface area contributed by atoms with Crippen molar-refractivity contribution in [3.63, 3.8) is 0 Å². The van der Waals surface area contributed by atoms with Gasteiger partial charge in [-0.15, -0.1) is 0 Å². The Labute approximate surface area is 114 Å². The summed E-state index contributed by atoms with van der Waals surface area (Å²) in [6.07, 6.45) is 18.7. The second-order valence-electron chi connectivity index (χ2n) is 5.46. The average Bonchev–Trinajstić information content (AvgIpc) is 2.39. The Bertz CT molecular complexity index is 123. The molecule has 0 atom stereocenters. The van der Waals surface area contributed by atoms with E-state index in [2.05, 4.69) is 0 Å². The minimum atomic E-state index is 0.366. The molecule has 2 nitrogen and oxygen atoms in total.